The van der Waals surface area contributed by atoms with Gasteiger partial charge < -0.3 is 20.1 Å². The van der Waals surface area contributed by atoms with E-state index in [0.717, 1.165) is 11.3 Å². The van der Waals surface area contributed by atoms with Crippen molar-refractivity contribution >= 4 is 6.03 Å². The molecule has 5 heteroatoms. The van der Waals surface area contributed by atoms with Gasteiger partial charge in [-0.1, -0.05) is 12.1 Å². The summed E-state index contributed by atoms with van der Waals surface area (Å²) in [6, 6.07) is 7.38. The zero-order valence-corrected chi connectivity index (χ0v) is 11.7. The molecule has 1 aromatic rings. The van der Waals surface area contributed by atoms with Gasteiger partial charge in [-0.05, 0) is 31.5 Å². The molecular formula is C14H22N2O3. The molecule has 0 heterocycles. The first-order valence-corrected chi connectivity index (χ1v) is 6.41. The van der Waals surface area contributed by atoms with Gasteiger partial charge >= 0.3 is 6.03 Å². The standard InChI is InChI=1S/C14H22N2O3/c1-4-18-9-12(16-14(17)15-3)10-19-13-7-5-6-11(2)8-13/h5-8,12H,4,9-10H2,1-3H3,(H2,15,16,17)/t12-/m0/s1. The van der Waals surface area contributed by atoms with Gasteiger partial charge in [-0.25, -0.2) is 4.79 Å². The largest absolute Gasteiger partial charge is 0.491 e. The number of benzene rings is 1. The first-order chi connectivity index (χ1) is 9.15. The third-order valence-corrected chi connectivity index (χ3v) is 2.53. The summed E-state index contributed by atoms with van der Waals surface area (Å²) < 4.78 is 11.0. The van der Waals surface area contributed by atoms with Crippen LogP contribution >= 0.6 is 0 Å². The van der Waals surface area contributed by atoms with Gasteiger partial charge in [0.05, 0.1) is 12.6 Å². The topological polar surface area (TPSA) is 59.6 Å². The Morgan fingerprint density at radius 2 is 2.16 bits per heavy atom. The maximum Gasteiger partial charge on any atom is 0.314 e. The highest BCUT2D eigenvalue weighted by Crippen LogP contribution is 2.12. The van der Waals surface area contributed by atoms with Crippen molar-refractivity contribution in [3.8, 4) is 5.75 Å². The SMILES string of the molecule is CCOC[C@@H](COc1cccc(C)c1)NC(=O)NC. The predicted molar refractivity (Wildman–Crippen MR) is 74.5 cm³/mol. The van der Waals surface area contributed by atoms with Crippen molar-refractivity contribution in [1.82, 2.24) is 10.6 Å². The lowest BCUT2D eigenvalue weighted by atomic mass is 10.2. The Morgan fingerprint density at radius 3 is 2.79 bits per heavy atom. The summed E-state index contributed by atoms with van der Waals surface area (Å²) in [5, 5.41) is 5.30. The minimum absolute atomic E-state index is 0.180. The third-order valence-electron chi connectivity index (χ3n) is 2.53. The summed E-state index contributed by atoms with van der Waals surface area (Å²) in [5.74, 6) is 0.792. The first-order valence-electron chi connectivity index (χ1n) is 6.41. The minimum atomic E-state index is -0.238. The minimum Gasteiger partial charge on any atom is -0.491 e. The smallest absolute Gasteiger partial charge is 0.314 e. The summed E-state index contributed by atoms with van der Waals surface area (Å²) in [4.78, 5) is 11.3. The molecule has 1 atom stereocenters. The van der Waals surface area contributed by atoms with Gasteiger partial charge in [0.15, 0.2) is 0 Å². The van der Waals surface area contributed by atoms with E-state index in [1.54, 1.807) is 7.05 Å². The lowest BCUT2D eigenvalue weighted by Gasteiger charge is -2.19. The number of urea groups is 1. The molecule has 0 fully saturated rings. The fraction of sp³-hybridized carbons (Fsp3) is 0.500. The van der Waals surface area contributed by atoms with Crippen molar-refractivity contribution in [2.24, 2.45) is 0 Å². The van der Waals surface area contributed by atoms with E-state index < -0.39 is 0 Å². The van der Waals surface area contributed by atoms with Crippen LogP contribution in [0.25, 0.3) is 0 Å². The van der Waals surface area contributed by atoms with E-state index in [1.165, 1.54) is 0 Å². The highest BCUT2D eigenvalue weighted by molar-refractivity contribution is 5.73. The molecule has 5 nitrogen and oxygen atoms in total. The normalized spacial score (nSPS) is 11.7. The summed E-state index contributed by atoms with van der Waals surface area (Å²) in [7, 11) is 1.58. The second-order valence-corrected chi connectivity index (χ2v) is 4.21. The average molecular weight is 266 g/mol. The van der Waals surface area contributed by atoms with Crippen LogP contribution in [-0.4, -0.2) is 38.9 Å². The molecule has 0 radical (unpaired) electrons. The van der Waals surface area contributed by atoms with Crippen molar-refractivity contribution in [3.05, 3.63) is 29.8 Å². The summed E-state index contributed by atoms with van der Waals surface area (Å²) in [5.41, 5.74) is 1.14. The van der Waals surface area contributed by atoms with Crippen LogP contribution in [0.15, 0.2) is 24.3 Å². The molecule has 2 N–H and O–H groups in total. The van der Waals surface area contributed by atoms with E-state index in [2.05, 4.69) is 10.6 Å². The number of amides is 2. The van der Waals surface area contributed by atoms with Gasteiger partial charge in [0.2, 0.25) is 0 Å². The molecule has 0 saturated heterocycles. The van der Waals surface area contributed by atoms with Crippen LogP contribution in [-0.2, 0) is 4.74 Å². The molecule has 0 bridgehead atoms. The Labute approximate surface area is 114 Å². The number of ether oxygens (including phenoxy) is 2. The predicted octanol–water partition coefficient (Wildman–Crippen LogP) is 1.71. The quantitative estimate of drug-likeness (QED) is 0.790. The second kappa shape index (κ2) is 8.37. The maximum absolute atomic E-state index is 11.3. The highest BCUT2D eigenvalue weighted by Gasteiger charge is 2.12. The summed E-state index contributed by atoms with van der Waals surface area (Å²) >= 11 is 0. The summed E-state index contributed by atoms with van der Waals surface area (Å²) in [6.07, 6.45) is 0. The van der Waals surface area contributed by atoms with Crippen molar-refractivity contribution in [3.63, 3.8) is 0 Å². The van der Waals surface area contributed by atoms with Crippen molar-refractivity contribution < 1.29 is 14.3 Å². The number of carbonyl (C=O) groups is 1. The number of carbonyl (C=O) groups excluding carboxylic acids is 1. The first kappa shape index (κ1) is 15.3. The zero-order chi connectivity index (χ0) is 14.1. The molecule has 0 saturated carbocycles. The monoisotopic (exact) mass is 266 g/mol. The molecule has 0 aliphatic carbocycles. The van der Waals surface area contributed by atoms with Gasteiger partial charge in [0.1, 0.15) is 12.4 Å². The molecule has 0 aliphatic rings. The van der Waals surface area contributed by atoms with E-state index in [1.807, 2.05) is 38.1 Å². The molecule has 2 amide bonds. The number of rotatable bonds is 7. The van der Waals surface area contributed by atoms with E-state index in [9.17, 15) is 4.79 Å². The van der Waals surface area contributed by atoms with E-state index in [4.69, 9.17) is 9.47 Å². The van der Waals surface area contributed by atoms with Crippen LogP contribution in [0, 0.1) is 6.92 Å². The van der Waals surface area contributed by atoms with Gasteiger partial charge in [-0.2, -0.15) is 0 Å². The molecule has 106 valence electrons. The van der Waals surface area contributed by atoms with Gasteiger partial charge in [-0.3, -0.25) is 0 Å². The third kappa shape index (κ3) is 6.10. The lowest BCUT2D eigenvalue weighted by molar-refractivity contribution is 0.105. The van der Waals surface area contributed by atoms with Crippen LogP contribution in [0.5, 0.6) is 5.75 Å². The van der Waals surface area contributed by atoms with Crippen LogP contribution in [0.1, 0.15) is 12.5 Å². The molecular weight excluding hydrogens is 244 g/mol. The highest BCUT2D eigenvalue weighted by atomic mass is 16.5. The zero-order valence-electron chi connectivity index (χ0n) is 11.7. The van der Waals surface area contributed by atoms with Crippen LogP contribution < -0.4 is 15.4 Å². The number of hydrogen-bond donors (Lipinski definition) is 2. The Balaban J connectivity index is 2.49. The van der Waals surface area contributed by atoms with E-state index in [0.29, 0.717) is 19.8 Å². The fourth-order valence-electron chi connectivity index (χ4n) is 1.55. The molecule has 0 aromatic heterocycles. The van der Waals surface area contributed by atoms with Crippen LogP contribution in [0.3, 0.4) is 0 Å². The van der Waals surface area contributed by atoms with Crippen molar-refractivity contribution in [2.75, 3.05) is 26.9 Å². The fourth-order valence-corrected chi connectivity index (χ4v) is 1.55. The Bertz CT molecular complexity index is 396. The molecule has 0 spiro atoms. The Morgan fingerprint density at radius 1 is 1.37 bits per heavy atom. The molecule has 1 aromatic carbocycles. The van der Waals surface area contributed by atoms with Gasteiger partial charge in [-0.15, -0.1) is 0 Å². The molecule has 0 unspecified atom stereocenters. The average Bonchev–Trinajstić information content (AvgIpc) is 2.41. The lowest BCUT2D eigenvalue weighted by Crippen LogP contribution is -2.46. The molecule has 0 aliphatic heterocycles. The number of aryl methyl sites for hydroxylation is 1. The van der Waals surface area contributed by atoms with Crippen molar-refractivity contribution in [2.45, 2.75) is 19.9 Å². The van der Waals surface area contributed by atoms with Crippen LogP contribution in [0.2, 0.25) is 0 Å². The maximum atomic E-state index is 11.3. The Kier molecular flexibility index (Phi) is 6.74. The molecule has 19 heavy (non-hydrogen) atoms. The van der Waals surface area contributed by atoms with Gasteiger partial charge in [0, 0.05) is 13.7 Å². The second-order valence-electron chi connectivity index (χ2n) is 4.21. The van der Waals surface area contributed by atoms with Crippen molar-refractivity contribution in [1.29, 1.82) is 0 Å². The van der Waals surface area contributed by atoms with Gasteiger partial charge in [0.25, 0.3) is 0 Å². The number of nitrogens with one attached hydrogen (secondary N) is 2. The van der Waals surface area contributed by atoms with E-state index in [-0.39, 0.29) is 12.1 Å². The number of hydrogen-bond acceptors (Lipinski definition) is 3. The summed E-state index contributed by atoms with van der Waals surface area (Å²) in [6.45, 7) is 5.33. The Hall–Kier alpha value is -1.75. The van der Waals surface area contributed by atoms with Crippen LogP contribution in [0.4, 0.5) is 4.79 Å². The molecule has 1 rings (SSSR count). The van der Waals surface area contributed by atoms with E-state index >= 15 is 0 Å².